The average Bonchev–Trinajstić information content (AvgIpc) is 2.15. The summed E-state index contributed by atoms with van der Waals surface area (Å²) in [6, 6.07) is 8.03. The summed E-state index contributed by atoms with van der Waals surface area (Å²) >= 11 is 6.05. The van der Waals surface area contributed by atoms with Crippen molar-refractivity contribution in [3.05, 3.63) is 34.9 Å². The highest BCUT2D eigenvalue weighted by Crippen LogP contribution is 2.47. The van der Waals surface area contributed by atoms with E-state index in [0.29, 0.717) is 6.54 Å². The molecule has 88 valence electrons. The molecular weight excluding hydrogens is 222 g/mol. The Bertz CT molecular complexity index is 385. The van der Waals surface area contributed by atoms with Crippen molar-refractivity contribution in [2.75, 3.05) is 19.8 Å². The average molecular weight is 240 g/mol. The summed E-state index contributed by atoms with van der Waals surface area (Å²) < 4.78 is 5.42. The standard InChI is InChI=1S/C13H18ClNO/c1-12(2,7-15)13(8-16-9-13)10-4-3-5-11(14)6-10/h3-6H,7-9,15H2,1-2H3. The third-order valence-corrected chi connectivity index (χ3v) is 4.12. The first-order chi connectivity index (χ1) is 7.52. The van der Waals surface area contributed by atoms with Crippen molar-refractivity contribution in [2.24, 2.45) is 11.1 Å². The van der Waals surface area contributed by atoms with Crippen LogP contribution in [0.1, 0.15) is 19.4 Å². The lowest BCUT2D eigenvalue weighted by Gasteiger charge is -2.52. The minimum absolute atomic E-state index is 0.0205. The van der Waals surface area contributed by atoms with Gasteiger partial charge in [-0.1, -0.05) is 37.6 Å². The predicted molar refractivity (Wildman–Crippen MR) is 66.8 cm³/mol. The molecule has 0 saturated carbocycles. The van der Waals surface area contributed by atoms with Crippen LogP contribution in [0.3, 0.4) is 0 Å². The highest BCUT2D eigenvalue weighted by atomic mass is 35.5. The Morgan fingerprint density at radius 3 is 2.56 bits per heavy atom. The van der Waals surface area contributed by atoms with Crippen molar-refractivity contribution in [3.63, 3.8) is 0 Å². The molecule has 1 fully saturated rings. The number of nitrogens with two attached hydrogens (primary N) is 1. The Morgan fingerprint density at radius 2 is 2.12 bits per heavy atom. The molecule has 2 rings (SSSR count). The zero-order chi connectivity index (χ0) is 11.8. The van der Waals surface area contributed by atoms with Gasteiger partial charge in [-0.15, -0.1) is 0 Å². The molecule has 1 heterocycles. The van der Waals surface area contributed by atoms with E-state index < -0.39 is 0 Å². The molecule has 1 aliphatic heterocycles. The number of benzene rings is 1. The van der Waals surface area contributed by atoms with Gasteiger partial charge in [0, 0.05) is 10.4 Å². The van der Waals surface area contributed by atoms with E-state index in [1.54, 1.807) is 0 Å². The Kier molecular flexibility index (Phi) is 2.99. The highest BCUT2D eigenvalue weighted by Gasteiger charge is 2.51. The molecule has 0 bridgehead atoms. The maximum absolute atomic E-state index is 6.05. The summed E-state index contributed by atoms with van der Waals surface area (Å²) in [5.74, 6) is 0. The summed E-state index contributed by atoms with van der Waals surface area (Å²) in [6.07, 6.45) is 0. The molecule has 0 aromatic heterocycles. The third kappa shape index (κ3) is 1.65. The molecule has 1 aromatic carbocycles. The topological polar surface area (TPSA) is 35.2 Å². The Morgan fingerprint density at radius 1 is 1.44 bits per heavy atom. The van der Waals surface area contributed by atoms with Crippen LogP contribution < -0.4 is 5.73 Å². The van der Waals surface area contributed by atoms with Crippen molar-refractivity contribution >= 4 is 11.6 Å². The summed E-state index contributed by atoms with van der Waals surface area (Å²) in [7, 11) is 0. The number of halogens is 1. The van der Waals surface area contributed by atoms with E-state index in [1.165, 1.54) is 5.56 Å². The predicted octanol–water partition coefficient (Wildman–Crippen LogP) is 2.59. The van der Waals surface area contributed by atoms with Gasteiger partial charge in [0.15, 0.2) is 0 Å². The van der Waals surface area contributed by atoms with Crippen molar-refractivity contribution < 1.29 is 4.74 Å². The maximum atomic E-state index is 6.05. The van der Waals surface area contributed by atoms with Gasteiger partial charge in [-0.3, -0.25) is 0 Å². The van der Waals surface area contributed by atoms with E-state index in [1.807, 2.05) is 18.2 Å². The van der Waals surface area contributed by atoms with Crippen LogP contribution in [0.4, 0.5) is 0 Å². The van der Waals surface area contributed by atoms with Crippen LogP contribution in [0.5, 0.6) is 0 Å². The molecule has 3 heteroatoms. The zero-order valence-electron chi connectivity index (χ0n) is 9.79. The number of rotatable bonds is 3. The third-order valence-electron chi connectivity index (χ3n) is 3.88. The summed E-state index contributed by atoms with van der Waals surface area (Å²) in [4.78, 5) is 0. The Labute approximate surface area is 102 Å². The van der Waals surface area contributed by atoms with Crippen molar-refractivity contribution in [3.8, 4) is 0 Å². The first-order valence-corrected chi connectivity index (χ1v) is 5.93. The molecule has 2 N–H and O–H groups in total. The molecule has 0 unspecified atom stereocenters. The molecule has 0 spiro atoms. The van der Waals surface area contributed by atoms with Gasteiger partial charge in [-0.25, -0.2) is 0 Å². The quantitative estimate of drug-likeness (QED) is 0.880. The van der Waals surface area contributed by atoms with Gasteiger partial charge in [0.2, 0.25) is 0 Å². The number of hydrogen-bond donors (Lipinski definition) is 1. The minimum atomic E-state index is 0.0205. The monoisotopic (exact) mass is 239 g/mol. The largest absolute Gasteiger partial charge is 0.379 e. The summed E-state index contributed by atoms with van der Waals surface area (Å²) in [6.45, 7) is 6.49. The Hall–Kier alpha value is -0.570. The van der Waals surface area contributed by atoms with E-state index in [-0.39, 0.29) is 10.8 Å². The van der Waals surface area contributed by atoms with Crippen molar-refractivity contribution in [2.45, 2.75) is 19.3 Å². The van der Waals surface area contributed by atoms with Crippen LogP contribution in [0.15, 0.2) is 24.3 Å². The van der Waals surface area contributed by atoms with Gasteiger partial charge >= 0.3 is 0 Å². The number of ether oxygens (including phenoxy) is 1. The molecule has 1 aliphatic rings. The van der Waals surface area contributed by atoms with E-state index in [4.69, 9.17) is 22.1 Å². The lowest BCUT2D eigenvalue weighted by atomic mass is 9.60. The van der Waals surface area contributed by atoms with E-state index >= 15 is 0 Å². The lowest BCUT2D eigenvalue weighted by Crippen LogP contribution is -2.59. The van der Waals surface area contributed by atoms with Gasteiger partial charge in [-0.2, -0.15) is 0 Å². The van der Waals surface area contributed by atoms with Crippen LogP contribution in [0.2, 0.25) is 5.02 Å². The van der Waals surface area contributed by atoms with Gasteiger partial charge in [-0.05, 0) is 29.7 Å². The molecule has 0 amide bonds. The second kappa shape index (κ2) is 4.02. The van der Waals surface area contributed by atoms with Crippen LogP contribution in [0, 0.1) is 5.41 Å². The molecule has 1 saturated heterocycles. The van der Waals surface area contributed by atoms with Gasteiger partial charge in [0.25, 0.3) is 0 Å². The molecule has 0 atom stereocenters. The second-order valence-electron chi connectivity index (χ2n) is 5.17. The molecular formula is C13H18ClNO. The first-order valence-electron chi connectivity index (χ1n) is 5.56. The smallest absolute Gasteiger partial charge is 0.0591 e. The fraction of sp³-hybridized carbons (Fsp3) is 0.538. The highest BCUT2D eigenvalue weighted by molar-refractivity contribution is 6.30. The molecule has 1 aromatic rings. The minimum Gasteiger partial charge on any atom is -0.379 e. The first kappa shape index (κ1) is 11.9. The van der Waals surface area contributed by atoms with E-state index in [0.717, 1.165) is 18.2 Å². The molecule has 0 radical (unpaired) electrons. The van der Waals surface area contributed by atoms with Crippen LogP contribution in [-0.2, 0) is 10.2 Å². The van der Waals surface area contributed by atoms with Crippen LogP contribution in [-0.4, -0.2) is 19.8 Å². The maximum Gasteiger partial charge on any atom is 0.0591 e. The van der Waals surface area contributed by atoms with Crippen molar-refractivity contribution in [1.82, 2.24) is 0 Å². The molecule has 16 heavy (non-hydrogen) atoms. The number of hydrogen-bond acceptors (Lipinski definition) is 2. The van der Waals surface area contributed by atoms with Crippen LogP contribution in [0.25, 0.3) is 0 Å². The van der Waals surface area contributed by atoms with E-state index in [2.05, 4.69) is 19.9 Å². The fourth-order valence-corrected chi connectivity index (χ4v) is 2.43. The van der Waals surface area contributed by atoms with Gasteiger partial charge in [0.1, 0.15) is 0 Å². The second-order valence-corrected chi connectivity index (χ2v) is 5.61. The lowest BCUT2D eigenvalue weighted by molar-refractivity contribution is -0.116. The Balaban J connectivity index is 2.43. The molecule has 2 nitrogen and oxygen atoms in total. The zero-order valence-corrected chi connectivity index (χ0v) is 10.6. The van der Waals surface area contributed by atoms with Gasteiger partial charge in [0.05, 0.1) is 13.2 Å². The normalized spacial score (nSPS) is 19.2. The van der Waals surface area contributed by atoms with Crippen molar-refractivity contribution in [1.29, 1.82) is 0 Å². The summed E-state index contributed by atoms with van der Waals surface area (Å²) in [5.41, 5.74) is 7.17. The van der Waals surface area contributed by atoms with Crippen LogP contribution >= 0.6 is 11.6 Å². The SMILES string of the molecule is CC(C)(CN)C1(c2cccc(Cl)c2)COC1. The summed E-state index contributed by atoms with van der Waals surface area (Å²) in [5, 5.41) is 0.775. The molecule has 0 aliphatic carbocycles. The van der Waals surface area contributed by atoms with Gasteiger partial charge < -0.3 is 10.5 Å². The van der Waals surface area contributed by atoms with E-state index in [9.17, 15) is 0 Å². The fourth-order valence-electron chi connectivity index (χ4n) is 2.24.